The van der Waals surface area contributed by atoms with Crippen molar-refractivity contribution in [3.63, 3.8) is 0 Å². The summed E-state index contributed by atoms with van der Waals surface area (Å²) in [6, 6.07) is 3.30. The number of hydrogen-bond donors (Lipinski definition) is 2. The maximum Gasteiger partial charge on any atom is 0.323 e. The van der Waals surface area contributed by atoms with Gasteiger partial charge in [-0.1, -0.05) is 0 Å². The third-order valence-electron chi connectivity index (χ3n) is 3.67. The van der Waals surface area contributed by atoms with Gasteiger partial charge in [-0.05, 0) is 12.1 Å². The van der Waals surface area contributed by atoms with Gasteiger partial charge in [-0.25, -0.2) is 24.4 Å². The molecule has 0 atom stereocenters. The molecule has 1 fully saturated rings. The first-order valence-corrected chi connectivity index (χ1v) is 8.68. The predicted molar refractivity (Wildman–Crippen MR) is 94.3 cm³/mol. The quantitative estimate of drug-likeness (QED) is 0.687. The van der Waals surface area contributed by atoms with Crippen LogP contribution in [0, 0.1) is 0 Å². The Morgan fingerprint density at radius 1 is 1.42 bits per heavy atom. The summed E-state index contributed by atoms with van der Waals surface area (Å²) in [5.41, 5.74) is 1.13. The minimum absolute atomic E-state index is 0.0949. The molecule has 11 heteroatoms. The van der Waals surface area contributed by atoms with Crippen LogP contribution in [0.1, 0.15) is 5.69 Å². The molecule has 0 spiro atoms. The Kier molecular flexibility index (Phi) is 4.27. The number of aromatic nitrogens is 5. The minimum Gasteiger partial charge on any atom is -0.336 e. The SMILES string of the molecule is O=C(Cc1csc(N2CCNC2=O)n1)Nc1cccnc1-n1cncn1. The van der Waals surface area contributed by atoms with Crippen LogP contribution < -0.4 is 15.5 Å². The van der Waals surface area contributed by atoms with Gasteiger partial charge in [0.1, 0.15) is 12.7 Å². The molecular formula is C15H14N8O2S. The molecule has 4 heterocycles. The van der Waals surface area contributed by atoms with Gasteiger partial charge in [0.25, 0.3) is 0 Å². The predicted octanol–water partition coefficient (Wildman–Crippen LogP) is 0.830. The van der Waals surface area contributed by atoms with E-state index in [1.54, 1.807) is 28.6 Å². The van der Waals surface area contributed by atoms with Gasteiger partial charge in [-0.2, -0.15) is 5.10 Å². The van der Waals surface area contributed by atoms with E-state index in [9.17, 15) is 9.59 Å². The highest BCUT2D eigenvalue weighted by Gasteiger charge is 2.24. The van der Waals surface area contributed by atoms with Crippen LogP contribution in [-0.2, 0) is 11.2 Å². The molecule has 3 amide bonds. The van der Waals surface area contributed by atoms with E-state index in [4.69, 9.17) is 0 Å². The molecule has 1 aliphatic rings. The van der Waals surface area contributed by atoms with Gasteiger partial charge in [0, 0.05) is 24.7 Å². The lowest BCUT2D eigenvalue weighted by Gasteiger charge is -2.09. The fraction of sp³-hybridized carbons (Fsp3) is 0.200. The third kappa shape index (κ3) is 3.24. The molecule has 132 valence electrons. The number of carbonyl (C=O) groups is 2. The van der Waals surface area contributed by atoms with Crippen LogP contribution in [0.5, 0.6) is 0 Å². The highest BCUT2D eigenvalue weighted by molar-refractivity contribution is 7.14. The first kappa shape index (κ1) is 16.1. The molecule has 2 N–H and O–H groups in total. The molecule has 1 aliphatic heterocycles. The fourth-order valence-electron chi connectivity index (χ4n) is 2.51. The van der Waals surface area contributed by atoms with Crippen molar-refractivity contribution in [1.82, 2.24) is 30.0 Å². The van der Waals surface area contributed by atoms with Crippen molar-refractivity contribution in [1.29, 1.82) is 0 Å². The summed E-state index contributed by atoms with van der Waals surface area (Å²) in [5, 5.41) is 11.9. The molecule has 1 saturated heterocycles. The van der Waals surface area contributed by atoms with E-state index < -0.39 is 0 Å². The summed E-state index contributed by atoms with van der Waals surface area (Å²) in [5.74, 6) is 0.244. The third-order valence-corrected chi connectivity index (χ3v) is 4.58. The molecule has 4 rings (SSSR count). The number of nitrogens with one attached hydrogen (secondary N) is 2. The van der Waals surface area contributed by atoms with Crippen LogP contribution in [0.3, 0.4) is 0 Å². The van der Waals surface area contributed by atoms with Gasteiger partial charge >= 0.3 is 6.03 Å². The molecule has 3 aromatic rings. The number of carbonyl (C=O) groups excluding carboxylic acids is 2. The molecule has 0 aliphatic carbocycles. The van der Waals surface area contributed by atoms with E-state index in [0.29, 0.717) is 35.4 Å². The van der Waals surface area contributed by atoms with Crippen molar-refractivity contribution in [3.8, 4) is 5.82 Å². The van der Waals surface area contributed by atoms with E-state index in [2.05, 4.69) is 30.7 Å². The van der Waals surface area contributed by atoms with Crippen LogP contribution in [0.25, 0.3) is 5.82 Å². The molecule has 0 radical (unpaired) electrons. The summed E-state index contributed by atoms with van der Waals surface area (Å²) in [4.78, 5) is 38.1. The summed E-state index contributed by atoms with van der Waals surface area (Å²) >= 11 is 1.34. The lowest BCUT2D eigenvalue weighted by atomic mass is 10.3. The van der Waals surface area contributed by atoms with Crippen LogP contribution in [-0.4, -0.2) is 49.8 Å². The Hall–Kier alpha value is -3.34. The van der Waals surface area contributed by atoms with Crippen LogP contribution in [0.4, 0.5) is 15.6 Å². The van der Waals surface area contributed by atoms with Crippen molar-refractivity contribution in [2.45, 2.75) is 6.42 Å². The Balaban J connectivity index is 1.45. The highest BCUT2D eigenvalue weighted by atomic mass is 32.1. The van der Waals surface area contributed by atoms with Crippen molar-refractivity contribution in [2.75, 3.05) is 23.3 Å². The second-order valence-electron chi connectivity index (χ2n) is 5.44. The molecule has 10 nitrogen and oxygen atoms in total. The van der Waals surface area contributed by atoms with Gasteiger partial charge in [0.2, 0.25) is 5.91 Å². The number of rotatable bonds is 5. The number of hydrogen-bond acceptors (Lipinski definition) is 7. The van der Waals surface area contributed by atoms with Crippen molar-refractivity contribution in [3.05, 3.63) is 42.1 Å². The van der Waals surface area contributed by atoms with E-state index >= 15 is 0 Å². The highest BCUT2D eigenvalue weighted by Crippen LogP contribution is 2.23. The average molecular weight is 370 g/mol. The topological polar surface area (TPSA) is 118 Å². The molecule has 3 aromatic heterocycles. The monoisotopic (exact) mass is 370 g/mol. The number of thiazole rings is 1. The smallest absolute Gasteiger partial charge is 0.323 e. The first-order valence-electron chi connectivity index (χ1n) is 7.80. The molecule has 26 heavy (non-hydrogen) atoms. The average Bonchev–Trinajstić information content (AvgIpc) is 3.37. The lowest BCUT2D eigenvalue weighted by Crippen LogP contribution is -2.27. The number of amides is 3. The fourth-order valence-corrected chi connectivity index (χ4v) is 3.36. The summed E-state index contributed by atoms with van der Waals surface area (Å²) < 4.78 is 1.47. The number of pyridine rings is 1. The second kappa shape index (κ2) is 6.88. The normalized spacial score (nSPS) is 13.7. The molecular weight excluding hydrogens is 356 g/mol. The summed E-state index contributed by atoms with van der Waals surface area (Å²) in [7, 11) is 0. The molecule has 0 aromatic carbocycles. The maximum absolute atomic E-state index is 12.4. The Morgan fingerprint density at radius 3 is 3.12 bits per heavy atom. The Labute approximate surface area is 151 Å². The van der Waals surface area contributed by atoms with Crippen molar-refractivity contribution < 1.29 is 9.59 Å². The van der Waals surface area contributed by atoms with Gasteiger partial charge in [-0.3, -0.25) is 9.69 Å². The van der Waals surface area contributed by atoms with Gasteiger partial charge in [0.05, 0.1) is 17.8 Å². The Morgan fingerprint density at radius 2 is 2.35 bits per heavy atom. The first-order chi connectivity index (χ1) is 12.7. The molecule has 0 saturated carbocycles. The zero-order valence-electron chi connectivity index (χ0n) is 13.5. The summed E-state index contributed by atoms with van der Waals surface area (Å²) in [6.45, 7) is 1.18. The number of anilines is 2. The van der Waals surface area contributed by atoms with E-state index in [-0.39, 0.29) is 18.4 Å². The zero-order chi connectivity index (χ0) is 17.9. The van der Waals surface area contributed by atoms with Crippen LogP contribution in [0.15, 0.2) is 36.4 Å². The number of urea groups is 1. The standard InChI is InChI=1S/C15H14N8O2S/c24-12(6-10-7-26-15(20-10)22-5-4-18-14(22)25)21-11-2-1-3-17-13(11)23-9-16-8-19-23/h1-3,7-9H,4-6H2,(H,18,25)(H,21,24). The zero-order valence-corrected chi connectivity index (χ0v) is 14.3. The van der Waals surface area contributed by atoms with Crippen molar-refractivity contribution >= 4 is 34.1 Å². The Bertz CT molecular complexity index is 939. The second-order valence-corrected chi connectivity index (χ2v) is 6.28. The van der Waals surface area contributed by atoms with Gasteiger partial charge in [0.15, 0.2) is 10.9 Å². The van der Waals surface area contributed by atoms with Crippen LogP contribution >= 0.6 is 11.3 Å². The van der Waals surface area contributed by atoms with E-state index in [0.717, 1.165) is 0 Å². The van der Waals surface area contributed by atoms with Crippen molar-refractivity contribution in [2.24, 2.45) is 0 Å². The lowest BCUT2D eigenvalue weighted by molar-refractivity contribution is -0.115. The van der Waals surface area contributed by atoms with E-state index in [1.165, 1.54) is 28.7 Å². The van der Waals surface area contributed by atoms with Gasteiger partial charge in [-0.15, -0.1) is 11.3 Å². The van der Waals surface area contributed by atoms with Crippen LogP contribution in [0.2, 0.25) is 0 Å². The maximum atomic E-state index is 12.4. The summed E-state index contributed by atoms with van der Waals surface area (Å²) in [6.07, 6.45) is 4.61. The van der Waals surface area contributed by atoms with Gasteiger partial charge < -0.3 is 10.6 Å². The molecule has 0 bridgehead atoms. The van der Waals surface area contributed by atoms with E-state index in [1.807, 2.05) is 0 Å². The number of nitrogens with zero attached hydrogens (tertiary/aromatic N) is 6. The largest absolute Gasteiger partial charge is 0.336 e. The molecule has 0 unspecified atom stereocenters. The minimum atomic E-state index is -0.234.